The molecule has 2 rings (SSSR count). The van der Waals surface area contributed by atoms with Crippen molar-refractivity contribution in [3.05, 3.63) is 40.7 Å². The van der Waals surface area contributed by atoms with E-state index in [4.69, 9.17) is 17.3 Å². The smallest absolute Gasteiger partial charge is 0.277 e. The average Bonchev–Trinajstić information content (AvgIpc) is 2.82. The largest absolute Gasteiger partial charge is 0.329 e. The van der Waals surface area contributed by atoms with Gasteiger partial charge in [0.15, 0.2) is 5.69 Å². The fraction of sp³-hybridized carbons (Fsp3) is 0.250. The van der Waals surface area contributed by atoms with Gasteiger partial charge in [0, 0.05) is 6.54 Å². The number of hydrogen-bond acceptors (Lipinski definition) is 4. The maximum absolute atomic E-state index is 12.0. The Bertz CT molecular complexity index is 596. The lowest BCUT2D eigenvalue weighted by molar-refractivity contribution is 0.102. The third kappa shape index (κ3) is 3.30. The van der Waals surface area contributed by atoms with Crippen molar-refractivity contribution < 1.29 is 4.79 Å². The molecule has 1 amide bonds. The van der Waals surface area contributed by atoms with Crippen LogP contribution < -0.4 is 11.1 Å². The van der Waals surface area contributed by atoms with Gasteiger partial charge in [-0.15, -0.1) is 5.10 Å². The molecule has 0 spiro atoms. The van der Waals surface area contributed by atoms with E-state index in [1.165, 1.54) is 4.68 Å². The second-order valence-corrected chi connectivity index (χ2v) is 4.50. The van der Waals surface area contributed by atoms with Gasteiger partial charge in [0.05, 0.1) is 23.5 Å². The van der Waals surface area contributed by atoms with E-state index < -0.39 is 0 Å². The van der Waals surface area contributed by atoms with Crippen molar-refractivity contribution in [3.8, 4) is 0 Å². The number of halogens is 1. The molecule has 0 unspecified atom stereocenters. The molecule has 1 aromatic carbocycles. The van der Waals surface area contributed by atoms with E-state index >= 15 is 0 Å². The SMILES string of the molecule is Cc1ccc(NC(=O)c2cn(CCN)nn2)c(Cl)c1. The average molecular weight is 280 g/mol. The molecule has 0 atom stereocenters. The van der Waals surface area contributed by atoms with E-state index in [0.717, 1.165) is 5.56 Å². The van der Waals surface area contributed by atoms with Gasteiger partial charge in [-0.05, 0) is 24.6 Å². The van der Waals surface area contributed by atoms with Gasteiger partial charge in [0.25, 0.3) is 5.91 Å². The molecule has 0 aliphatic heterocycles. The first-order valence-electron chi connectivity index (χ1n) is 5.78. The minimum absolute atomic E-state index is 0.227. The number of hydrogen-bond donors (Lipinski definition) is 2. The third-order valence-electron chi connectivity index (χ3n) is 2.50. The first-order valence-corrected chi connectivity index (χ1v) is 6.15. The monoisotopic (exact) mass is 279 g/mol. The number of nitrogens with one attached hydrogen (secondary N) is 1. The summed E-state index contributed by atoms with van der Waals surface area (Å²) in [6.07, 6.45) is 1.55. The Kier molecular flexibility index (Phi) is 4.13. The van der Waals surface area contributed by atoms with Crippen molar-refractivity contribution in [1.82, 2.24) is 15.0 Å². The Morgan fingerprint density at radius 2 is 2.32 bits per heavy atom. The van der Waals surface area contributed by atoms with Crippen LogP contribution in [0, 0.1) is 6.92 Å². The molecule has 0 bridgehead atoms. The fourth-order valence-electron chi connectivity index (χ4n) is 1.55. The Morgan fingerprint density at radius 1 is 1.53 bits per heavy atom. The van der Waals surface area contributed by atoms with E-state index in [1.54, 1.807) is 18.3 Å². The standard InChI is InChI=1S/C12H14ClN5O/c1-8-2-3-10(9(13)6-8)15-12(19)11-7-18(5-4-14)17-16-11/h2-3,6-7H,4-5,14H2,1H3,(H,15,19). The lowest BCUT2D eigenvalue weighted by Gasteiger charge is -2.05. The molecule has 1 aromatic heterocycles. The fourth-order valence-corrected chi connectivity index (χ4v) is 1.83. The summed E-state index contributed by atoms with van der Waals surface area (Å²) in [5.74, 6) is -0.353. The van der Waals surface area contributed by atoms with Crippen molar-refractivity contribution in [3.63, 3.8) is 0 Å². The molecule has 1 heterocycles. The Morgan fingerprint density at radius 3 is 3.00 bits per heavy atom. The maximum Gasteiger partial charge on any atom is 0.277 e. The number of aromatic nitrogens is 3. The van der Waals surface area contributed by atoms with E-state index in [-0.39, 0.29) is 11.6 Å². The number of carbonyl (C=O) groups is 1. The van der Waals surface area contributed by atoms with Gasteiger partial charge in [-0.25, -0.2) is 0 Å². The summed E-state index contributed by atoms with van der Waals surface area (Å²) in [4.78, 5) is 12.0. The minimum Gasteiger partial charge on any atom is -0.329 e. The van der Waals surface area contributed by atoms with Crippen LogP contribution in [0.2, 0.25) is 5.02 Å². The highest BCUT2D eigenvalue weighted by atomic mass is 35.5. The lowest BCUT2D eigenvalue weighted by atomic mass is 10.2. The first kappa shape index (κ1) is 13.5. The van der Waals surface area contributed by atoms with E-state index in [1.807, 2.05) is 13.0 Å². The summed E-state index contributed by atoms with van der Waals surface area (Å²) in [5, 5.41) is 10.8. The van der Waals surface area contributed by atoms with Crippen molar-refractivity contribution >= 4 is 23.2 Å². The molecule has 0 aliphatic rings. The number of nitrogens with two attached hydrogens (primary N) is 1. The normalized spacial score (nSPS) is 10.5. The van der Waals surface area contributed by atoms with E-state index in [0.29, 0.717) is 23.8 Å². The third-order valence-corrected chi connectivity index (χ3v) is 2.81. The van der Waals surface area contributed by atoms with Gasteiger partial charge in [0.1, 0.15) is 0 Å². The molecule has 0 radical (unpaired) electrons. The van der Waals surface area contributed by atoms with Gasteiger partial charge in [-0.2, -0.15) is 0 Å². The number of anilines is 1. The predicted molar refractivity (Wildman–Crippen MR) is 73.2 cm³/mol. The summed E-state index contributed by atoms with van der Waals surface area (Å²) >= 11 is 6.04. The zero-order valence-corrected chi connectivity index (χ0v) is 11.2. The van der Waals surface area contributed by atoms with Gasteiger partial charge in [0.2, 0.25) is 0 Å². The van der Waals surface area contributed by atoms with Crippen LogP contribution in [-0.4, -0.2) is 27.4 Å². The first-order chi connectivity index (χ1) is 9.10. The van der Waals surface area contributed by atoms with Crippen LogP contribution in [0.5, 0.6) is 0 Å². The summed E-state index contributed by atoms with van der Waals surface area (Å²) in [6.45, 7) is 2.88. The number of nitrogens with zero attached hydrogens (tertiary/aromatic N) is 3. The van der Waals surface area contributed by atoms with Crippen LogP contribution >= 0.6 is 11.6 Å². The Labute approximate surface area is 115 Å². The highest BCUT2D eigenvalue weighted by Gasteiger charge is 2.12. The predicted octanol–water partition coefficient (Wildman–Crippen LogP) is 1.45. The summed E-state index contributed by atoms with van der Waals surface area (Å²) < 4.78 is 1.52. The zero-order chi connectivity index (χ0) is 13.8. The maximum atomic E-state index is 12.0. The molecule has 0 saturated carbocycles. The summed E-state index contributed by atoms with van der Waals surface area (Å²) in [6, 6.07) is 5.40. The van der Waals surface area contributed by atoms with Crippen molar-refractivity contribution in [2.45, 2.75) is 13.5 Å². The van der Waals surface area contributed by atoms with Crippen LogP contribution in [-0.2, 0) is 6.54 Å². The Hall–Kier alpha value is -1.92. The molecule has 19 heavy (non-hydrogen) atoms. The number of rotatable bonds is 4. The van der Waals surface area contributed by atoms with Crippen molar-refractivity contribution in [2.24, 2.45) is 5.73 Å². The molecule has 0 saturated heterocycles. The van der Waals surface area contributed by atoms with Gasteiger partial charge >= 0.3 is 0 Å². The lowest BCUT2D eigenvalue weighted by Crippen LogP contribution is -2.13. The van der Waals surface area contributed by atoms with Crippen molar-refractivity contribution in [2.75, 3.05) is 11.9 Å². The van der Waals surface area contributed by atoms with Crippen molar-refractivity contribution in [1.29, 1.82) is 0 Å². The molecular weight excluding hydrogens is 266 g/mol. The second kappa shape index (κ2) is 5.81. The number of carbonyl (C=O) groups excluding carboxylic acids is 1. The number of benzene rings is 1. The van der Waals surface area contributed by atoms with E-state index in [2.05, 4.69) is 15.6 Å². The van der Waals surface area contributed by atoms with Gasteiger partial charge < -0.3 is 11.1 Å². The molecule has 0 aliphatic carbocycles. The second-order valence-electron chi connectivity index (χ2n) is 4.09. The molecule has 6 nitrogen and oxygen atoms in total. The summed E-state index contributed by atoms with van der Waals surface area (Å²) in [5.41, 5.74) is 7.20. The molecule has 7 heteroatoms. The molecule has 100 valence electrons. The summed E-state index contributed by atoms with van der Waals surface area (Å²) in [7, 11) is 0. The quantitative estimate of drug-likeness (QED) is 0.887. The minimum atomic E-state index is -0.353. The number of amides is 1. The highest BCUT2D eigenvalue weighted by molar-refractivity contribution is 6.34. The van der Waals surface area contributed by atoms with Crippen LogP contribution in [0.4, 0.5) is 5.69 Å². The van der Waals surface area contributed by atoms with E-state index in [9.17, 15) is 4.79 Å². The zero-order valence-electron chi connectivity index (χ0n) is 10.4. The molecule has 0 fully saturated rings. The highest BCUT2D eigenvalue weighted by Crippen LogP contribution is 2.23. The molecule has 3 N–H and O–H groups in total. The topological polar surface area (TPSA) is 85.8 Å². The number of aryl methyl sites for hydroxylation is 1. The van der Waals surface area contributed by atoms with Crippen LogP contribution in [0.3, 0.4) is 0 Å². The molecule has 2 aromatic rings. The van der Waals surface area contributed by atoms with Gasteiger partial charge in [-0.3, -0.25) is 9.48 Å². The van der Waals surface area contributed by atoms with Crippen LogP contribution in [0.15, 0.2) is 24.4 Å². The Balaban J connectivity index is 2.11. The van der Waals surface area contributed by atoms with Crippen LogP contribution in [0.25, 0.3) is 0 Å². The van der Waals surface area contributed by atoms with Crippen LogP contribution in [0.1, 0.15) is 16.1 Å². The molecular formula is C12H14ClN5O. The van der Waals surface area contributed by atoms with Gasteiger partial charge in [-0.1, -0.05) is 22.9 Å².